The predicted molar refractivity (Wildman–Crippen MR) is 86.7 cm³/mol. The summed E-state index contributed by atoms with van der Waals surface area (Å²) in [6, 6.07) is 7.55. The van der Waals surface area contributed by atoms with Gasteiger partial charge in [-0.15, -0.1) is 0 Å². The van der Waals surface area contributed by atoms with E-state index in [2.05, 4.69) is 9.55 Å². The number of aromatic nitrogens is 3. The molecule has 0 fully saturated rings. The Balaban J connectivity index is 2.33. The maximum atomic E-state index is 6.15. The molecule has 2 aromatic heterocycles. The summed E-state index contributed by atoms with van der Waals surface area (Å²) in [5.74, 6) is 0.837. The number of nitrogens with two attached hydrogens (primary N) is 1. The van der Waals surface area contributed by atoms with Gasteiger partial charge < -0.3 is 10.3 Å². The number of halogens is 2. The van der Waals surface area contributed by atoms with Crippen molar-refractivity contribution in [2.75, 3.05) is 6.54 Å². The topological polar surface area (TPSA) is 56.7 Å². The quantitative estimate of drug-likeness (QED) is 0.795. The zero-order valence-corrected chi connectivity index (χ0v) is 12.9. The molecule has 4 nitrogen and oxygen atoms in total. The van der Waals surface area contributed by atoms with Crippen LogP contribution in [0.5, 0.6) is 0 Å². The molecule has 0 aliphatic carbocycles. The molecule has 0 saturated carbocycles. The molecule has 3 rings (SSSR count). The number of nitrogens with zero attached hydrogens (tertiary/aromatic N) is 3. The van der Waals surface area contributed by atoms with Crippen LogP contribution < -0.4 is 5.73 Å². The van der Waals surface area contributed by atoms with Crippen molar-refractivity contribution in [2.24, 2.45) is 5.73 Å². The van der Waals surface area contributed by atoms with E-state index >= 15 is 0 Å². The molecule has 0 aliphatic rings. The Hall–Kier alpha value is -1.62. The third-order valence-electron chi connectivity index (χ3n) is 3.45. The van der Waals surface area contributed by atoms with Gasteiger partial charge >= 0.3 is 0 Å². The largest absolute Gasteiger partial charge is 0.328 e. The third-order valence-corrected chi connectivity index (χ3v) is 4.17. The molecule has 1 unspecified atom stereocenters. The minimum absolute atomic E-state index is 0.0930. The van der Waals surface area contributed by atoms with Gasteiger partial charge in [0.25, 0.3) is 0 Å². The highest BCUT2D eigenvalue weighted by Crippen LogP contribution is 2.33. The molecule has 21 heavy (non-hydrogen) atoms. The van der Waals surface area contributed by atoms with Gasteiger partial charge in [0.2, 0.25) is 0 Å². The van der Waals surface area contributed by atoms with Crippen LogP contribution in [0.4, 0.5) is 0 Å². The van der Waals surface area contributed by atoms with Crippen molar-refractivity contribution in [2.45, 2.75) is 13.0 Å². The number of fused-ring (bicyclic) bond motifs is 1. The van der Waals surface area contributed by atoms with Crippen LogP contribution in [0, 0.1) is 0 Å². The van der Waals surface area contributed by atoms with E-state index in [0.717, 1.165) is 22.4 Å². The first-order valence-corrected chi connectivity index (χ1v) is 7.35. The van der Waals surface area contributed by atoms with Crippen molar-refractivity contribution in [3.63, 3.8) is 0 Å². The number of hydrogen-bond donors (Lipinski definition) is 1. The second-order valence-corrected chi connectivity index (χ2v) is 5.70. The number of rotatable bonds is 3. The Morgan fingerprint density at radius 2 is 1.86 bits per heavy atom. The number of hydrogen-bond acceptors (Lipinski definition) is 3. The van der Waals surface area contributed by atoms with E-state index in [-0.39, 0.29) is 6.04 Å². The lowest BCUT2D eigenvalue weighted by Gasteiger charge is -2.16. The fourth-order valence-electron chi connectivity index (χ4n) is 2.35. The predicted octanol–water partition coefficient (Wildman–Crippen LogP) is 3.92. The second-order valence-electron chi connectivity index (χ2n) is 4.88. The van der Waals surface area contributed by atoms with Crippen LogP contribution in [0.3, 0.4) is 0 Å². The van der Waals surface area contributed by atoms with Gasteiger partial charge in [-0.25, -0.2) is 4.98 Å². The highest BCUT2D eigenvalue weighted by atomic mass is 35.5. The minimum atomic E-state index is 0.0930. The van der Waals surface area contributed by atoms with Crippen molar-refractivity contribution >= 4 is 34.2 Å². The SMILES string of the molecule is CC(CN)n1c(-c2ccncc2)nc2cc(Cl)c(Cl)cc21. The number of benzene rings is 1. The van der Waals surface area contributed by atoms with Crippen molar-refractivity contribution in [3.8, 4) is 11.4 Å². The highest BCUT2D eigenvalue weighted by molar-refractivity contribution is 6.42. The minimum Gasteiger partial charge on any atom is -0.328 e. The zero-order chi connectivity index (χ0) is 15.0. The molecule has 2 heterocycles. The van der Waals surface area contributed by atoms with E-state index in [0.29, 0.717) is 16.6 Å². The van der Waals surface area contributed by atoms with Crippen LogP contribution >= 0.6 is 23.2 Å². The summed E-state index contributed by atoms with van der Waals surface area (Å²) in [5, 5.41) is 1.01. The van der Waals surface area contributed by atoms with E-state index in [1.165, 1.54) is 0 Å². The molecule has 108 valence electrons. The van der Waals surface area contributed by atoms with Gasteiger partial charge in [0.05, 0.1) is 21.1 Å². The Labute approximate surface area is 132 Å². The lowest BCUT2D eigenvalue weighted by Crippen LogP contribution is -2.16. The van der Waals surface area contributed by atoms with E-state index in [1.54, 1.807) is 18.5 Å². The maximum absolute atomic E-state index is 6.15. The van der Waals surface area contributed by atoms with Crippen LogP contribution in [0.15, 0.2) is 36.7 Å². The summed E-state index contributed by atoms with van der Waals surface area (Å²) in [6.07, 6.45) is 3.48. The number of imidazole rings is 1. The van der Waals surface area contributed by atoms with Gasteiger partial charge in [-0.3, -0.25) is 4.98 Å². The molecule has 0 aliphatic heterocycles. The number of pyridine rings is 1. The van der Waals surface area contributed by atoms with E-state index < -0.39 is 0 Å². The molecule has 3 aromatic rings. The molecule has 1 atom stereocenters. The molecule has 0 amide bonds. The second kappa shape index (κ2) is 5.64. The van der Waals surface area contributed by atoms with Crippen LogP contribution in [0.25, 0.3) is 22.4 Å². The fraction of sp³-hybridized carbons (Fsp3) is 0.200. The first-order chi connectivity index (χ1) is 10.1. The van der Waals surface area contributed by atoms with Crippen LogP contribution in [0.1, 0.15) is 13.0 Å². The smallest absolute Gasteiger partial charge is 0.141 e. The summed E-state index contributed by atoms with van der Waals surface area (Å²) in [7, 11) is 0. The lowest BCUT2D eigenvalue weighted by molar-refractivity contribution is 0.579. The highest BCUT2D eigenvalue weighted by Gasteiger charge is 2.17. The molecular formula is C15H14Cl2N4. The molecule has 1 aromatic carbocycles. The van der Waals surface area contributed by atoms with Crippen molar-refractivity contribution in [1.29, 1.82) is 0 Å². The third kappa shape index (κ3) is 2.50. The van der Waals surface area contributed by atoms with Gasteiger partial charge in [0.15, 0.2) is 0 Å². The van der Waals surface area contributed by atoms with Crippen molar-refractivity contribution in [1.82, 2.24) is 14.5 Å². The molecule has 2 N–H and O–H groups in total. The molecular weight excluding hydrogens is 307 g/mol. The fourth-order valence-corrected chi connectivity index (χ4v) is 2.66. The van der Waals surface area contributed by atoms with Crippen LogP contribution in [0.2, 0.25) is 10.0 Å². The molecule has 0 radical (unpaired) electrons. The molecule has 0 bridgehead atoms. The Morgan fingerprint density at radius 1 is 1.19 bits per heavy atom. The summed E-state index contributed by atoms with van der Waals surface area (Å²) < 4.78 is 2.09. The monoisotopic (exact) mass is 320 g/mol. The Morgan fingerprint density at radius 3 is 2.52 bits per heavy atom. The van der Waals surface area contributed by atoms with Gasteiger partial charge in [-0.2, -0.15) is 0 Å². The Bertz CT molecular complexity index is 783. The van der Waals surface area contributed by atoms with Crippen molar-refractivity contribution < 1.29 is 0 Å². The van der Waals surface area contributed by atoms with Crippen LogP contribution in [-0.2, 0) is 0 Å². The average Bonchev–Trinajstić information content (AvgIpc) is 2.86. The van der Waals surface area contributed by atoms with E-state index in [9.17, 15) is 0 Å². The molecule has 0 saturated heterocycles. The van der Waals surface area contributed by atoms with Gasteiger partial charge in [0, 0.05) is 30.5 Å². The van der Waals surface area contributed by atoms with Gasteiger partial charge in [-0.05, 0) is 31.2 Å². The summed E-state index contributed by atoms with van der Waals surface area (Å²) in [5.41, 5.74) is 8.56. The molecule has 6 heteroatoms. The van der Waals surface area contributed by atoms with E-state index in [4.69, 9.17) is 33.9 Å². The summed E-state index contributed by atoms with van der Waals surface area (Å²) >= 11 is 12.2. The Kier molecular flexibility index (Phi) is 3.85. The van der Waals surface area contributed by atoms with Crippen LogP contribution in [-0.4, -0.2) is 21.1 Å². The first-order valence-electron chi connectivity index (χ1n) is 6.59. The standard InChI is InChI=1S/C15H14Cl2N4/c1-9(8-18)21-14-7-12(17)11(16)6-13(14)20-15(21)10-2-4-19-5-3-10/h2-7,9H,8,18H2,1H3. The summed E-state index contributed by atoms with van der Waals surface area (Å²) in [4.78, 5) is 8.73. The van der Waals surface area contributed by atoms with Gasteiger partial charge in [-0.1, -0.05) is 23.2 Å². The maximum Gasteiger partial charge on any atom is 0.141 e. The normalized spacial score (nSPS) is 12.8. The zero-order valence-electron chi connectivity index (χ0n) is 11.4. The molecule has 0 spiro atoms. The van der Waals surface area contributed by atoms with E-state index in [1.807, 2.05) is 25.1 Å². The average molecular weight is 321 g/mol. The first kappa shape index (κ1) is 14.3. The van der Waals surface area contributed by atoms with Gasteiger partial charge in [0.1, 0.15) is 5.82 Å². The van der Waals surface area contributed by atoms with Crippen molar-refractivity contribution in [3.05, 3.63) is 46.7 Å². The summed E-state index contributed by atoms with van der Waals surface area (Å²) in [6.45, 7) is 2.55. The lowest BCUT2D eigenvalue weighted by atomic mass is 10.2.